The van der Waals surface area contributed by atoms with Crippen molar-refractivity contribution in [1.29, 1.82) is 0 Å². The van der Waals surface area contributed by atoms with Crippen molar-refractivity contribution >= 4 is 0 Å². The van der Waals surface area contributed by atoms with Crippen molar-refractivity contribution in [3.8, 4) is 11.5 Å². The van der Waals surface area contributed by atoms with Crippen LogP contribution < -0.4 is 9.47 Å². The highest BCUT2D eigenvalue weighted by Gasteiger charge is 2.60. The molecule has 164 valence electrons. The Balaban J connectivity index is 1.38. The normalized spacial score (nSPS) is 26.3. The van der Waals surface area contributed by atoms with Gasteiger partial charge in [-0.15, -0.1) is 0 Å². The van der Waals surface area contributed by atoms with Crippen molar-refractivity contribution in [3.05, 3.63) is 72.1 Å². The van der Waals surface area contributed by atoms with Gasteiger partial charge < -0.3 is 23.0 Å². The third-order valence-electron chi connectivity index (χ3n) is 7.20. The second-order valence-electron chi connectivity index (χ2n) is 9.65. The van der Waals surface area contributed by atoms with Crippen LogP contribution in [0.3, 0.4) is 0 Å². The molecule has 2 fully saturated rings. The highest BCUT2D eigenvalue weighted by atomic mass is 16.5. The molecule has 0 amide bonds. The van der Waals surface area contributed by atoms with Gasteiger partial charge in [0.15, 0.2) is 0 Å². The molecule has 0 saturated carbocycles. The summed E-state index contributed by atoms with van der Waals surface area (Å²) in [7, 11) is 0. The lowest BCUT2D eigenvalue weighted by atomic mass is 9.62. The van der Waals surface area contributed by atoms with Crippen molar-refractivity contribution in [2.45, 2.75) is 65.0 Å². The summed E-state index contributed by atoms with van der Waals surface area (Å²) in [6.45, 7) is 7.89. The Hall–Kier alpha value is -2.66. The standard InChI is InChI=1S/C26H30O5/c1-25(2)23(26(3)9-6-24(25)31-26)12-20-4-5-21(29-16-18-7-10-27-14-18)13-22(20)30-17-19-8-11-28-15-19/h4-5,7-8,10-11,13-15,23-24H,6,9,12,16-17H2,1-3H3/t23-,24-,26+/m1/s1. The van der Waals surface area contributed by atoms with Crippen molar-refractivity contribution in [1.82, 2.24) is 0 Å². The van der Waals surface area contributed by atoms with E-state index in [0.29, 0.717) is 25.2 Å². The van der Waals surface area contributed by atoms with Gasteiger partial charge in [0.2, 0.25) is 0 Å². The number of furan rings is 2. The molecule has 1 aromatic carbocycles. The Morgan fingerprint density at radius 3 is 2.26 bits per heavy atom. The minimum atomic E-state index is -0.0630. The third kappa shape index (κ3) is 3.87. The fraction of sp³-hybridized carbons (Fsp3) is 0.462. The van der Waals surface area contributed by atoms with Crippen molar-refractivity contribution in [2.24, 2.45) is 11.3 Å². The predicted octanol–water partition coefficient (Wildman–Crippen LogP) is 6.17. The van der Waals surface area contributed by atoms with Gasteiger partial charge in [0.1, 0.15) is 24.7 Å². The van der Waals surface area contributed by atoms with E-state index in [-0.39, 0.29) is 11.0 Å². The summed E-state index contributed by atoms with van der Waals surface area (Å²) in [5.74, 6) is 2.07. The molecular formula is C26H30O5. The van der Waals surface area contributed by atoms with E-state index in [0.717, 1.165) is 41.9 Å². The molecule has 5 nitrogen and oxygen atoms in total. The van der Waals surface area contributed by atoms with Crippen LogP contribution in [-0.4, -0.2) is 11.7 Å². The minimum absolute atomic E-state index is 0.0630. The molecule has 0 radical (unpaired) electrons. The summed E-state index contributed by atoms with van der Waals surface area (Å²) in [5, 5.41) is 0. The molecular weight excluding hydrogens is 392 g/mol. The maximum atomic E-state index is 6.44. The van der Waals surface area contributed by atoms with E-state index in [2.05, 4.69) is 26.8 Å². The lowest BCUT2D eigenvalue weighted by Gasteiger charge is -2.39. The minimum Gasteiger partial charge on any atom is -0.489 e. The van der Waals surface area contributed by atoms with Gasteiger partial charge >= 0.3 is 0 Å². The fourth-order valence-electron chi connectivity index (χ4n) is 5.36. The molecule has 3 aromatic rings. The summed E-state index contributed by atoms with van der Waals surface area (Å²) < 4.78 is 29.0. The van der Waals surface area contributed by atoms with Gasteiger partial charge in [-0.3, -0.25) is 0 Å². The highest BCUT2D eigenvalue weighted by molar-refractivity contribution is 5.42. The van der Waals surface area contributed by atoms with E-state index in [4.69, 9.17) is 23.0 Å². The van der Waals surface area contributed by atoms with E-state index in [1.165, 1.54) is 5.56 Å². The Labute approximate surface area is 183 Å². The number of hydrogen-bond acceptors (Lipinski definition) is 5. The molecule has 4 heterocycles. The molecule has 5 heteroatoms. The van der Waals surface area contributed by atoms with Gasteiger partial charge in [-0.1, -0.05) is 19.9 Å². The van der Waals surface area contributed by atoms with E-state index < -0.39 is 0 Å². The lowest BCUT2D eigenvalue weighted by molar-refractivity contribution is 0.00592. The maximum absolute atomic E-state index is 6.44. The van der Waals surface area contributed by atoms with Crippen LogP contribution in [0.1, 0.15) is 50.3 Å². The molecule has 31 heavy (non-hydrogen) atoms. The van der Waals surface area contributed by atoms with E-state index in [1.54, 1.807) is 25.1 Å². The van der Waals surface area contributed by atoms with Crippen LogP contribution in [0.4, 0.5) is 0 Å². The van der Waals surface area contributed by atoms with Crippen LogP contribution in [-0.2, 0) is 24.4 Å². The summed E-state index contributed by atoms with van der Waals surface area (Å²) >= 11 is 0. The van der Waals surface area contributed by atoms with Crippen molar-refractivity contribution in [3.63, 3.8) is 0 Å². The molecule has 2 bridgehead atoms. The van der Waals surface area contributed by atoms with Gasteiger partial charge in [0.05, 0.1) is 36.8 Å². The average Bonchev–Trinajstić information content (AvgIpc) is 3.53. The smallest absolute Gasteiger partial charge is 0.126 e. The number of hydrogen-bond donors (Lipinski definition) is 0. The monoisotopic (exact) mass is 422 g/mol. The molecule has 0 N–H and O–H groups in total. The number of fused-ring (bicyclic) bond motifs is 2. The van der Waals surface area contributed by atoms with Crippen LogP contribution in [0.2, 0.25) is 0 Å². The Morgan fingerprint density at radius 1 is 0.935 bits per heavy atom. The van der Waals surface area contributed by atoms with Gasteiger partial charge in [-0.05, 0) is 61.3 Å². The molecule has 5 rings (SSSR count). The first-order valence-corrected chi connectivity index (χ1v) is 11.0. The number of rotatable bonds is 8. The molecule has 0 spiro atoms. The summed E-state index contributed by atoms with van der Waals surface area (Å²) in [5.41, 5.74) is 3.28. The van der Waals surface area contributed by atoms with Gasteiger partial charge in [-0.25, -0.2) is 0 Å². The van der Waals surface area contributed by atoms with Crippen molar-refractivity contribution < 1.29 is 23.0 Å². The number of benzene rings is 1. The molecule has 2 aliphatic rings. The first-order chi connectivity index (χ1) is 14.9. The zero-order chi connectivity index (χ0) is 21.5. The van der Waals surface area contributed by atoms with E-state index in [1.807, 2.05) is 24.3 Å². The van der Waals surface area contributed by atoms with Gasteiger partial charge in [-0.2, -0.15) is 0 Å². The van der Waals surface area contributed by atoms with E-state index >= 15 is 0 Å². The Kier molecular flexibility index (Phi) is 5.09. The second-order valence-corrected chi connectivity index (χ2v) is 9.65. The predicted molar refractivity (Wildman–Crippen MR) is 116 cm³/mol. The summed E-state index contributed by atoms with van der Waals surface area (Å²) in [6.07, 6.45) is 10.3. The topological polar surface area (TPSA) is 54.0 Å². The van der Waals surface area contributed by atoms with E-state index in [9.17, 15) is 0 Å². The molecule has 0 aliphatic carbocycles. The first-order valence-electron chi connectivity index (χ1n) is 11.0. The number of ether oxygens (including phenoxy) is 3. The van der Waals surface area contributed by atoms with Crippen LogP contribution in [0.5, 0.6) is 11.5 Å². The first kappa shape index (κ1) is 20.3. The largest absolute Gasteiger partial charge is 0.489 e. The highest BCUT2D eigenvalue weighted by Crippen LogP contribution is 2.58. The molecule has 2 saturated heterocycles. The summed E-state index contributed by atoms with van der Waals surface area (Å²) in [6, 6.07) is 10.00. The Bertz CT molecular complexity index is 1000. The van der Waals surface area contributed by atoms with Gasteiger partial charge in [0, 0.05) is 17.2 Å². The molecule has 2 aromatic heterocycles. The quantitative estimate of drug-likeness (QED) is 0.435. The lowest BCUT2D eigenvalue weighted by Crippen LogP contribution is -2.41. The van der Waals surface area contributed by atoms with Crippen LogP contribution in [0.25, 0.3) is 0 Å². The van der Waals surface area contributed by atoms with Crippen LogP contribution in [0, 0.1) is 11.3 Å². The molecule has 0 unspecified atom stereocenters. The third-order valence-corrected chi connectivity index (χ3v) is 7.20. The fourth-order valence-corrected chi connectivity index (χ4v) is 5.36. The summed E-state index contributed by atoms with van der Waals surface area (Å²) in [4.78, 5) is 0. The maximum Gasteiger partial charge on any atom is 0.126 e. The molecule has 2 aliphatic heterocycles. The van der Waals surface area contributed by atoms with Crippen LogP contribution in [0.15, 0.2) is 64.2 Å². The van der Waals surface area contributed by atoms with Crippen LogP contribution >= 0.6 is 0 Å². The SMILES string of the molecule is CC1(C)[C@@H](Cc2ccc(OCc3ccoc3)cc2OCc2ccoc2)[C@]2(C)CC[C@H]1O2. The Morgan fingerprint density at radius 2 is 1.65 bits per heavy atom. The zero-order valence-corrected chi connectivity index (χ0v) is 18.4. The second kappa shape index (κ2) is 7.79. The van der Waals surface area contributed by atoms with Crippen molar-refractivity contribution in [2.75, 3.05) is 0 Å². The zero-order valence-electron chi connectivity index (χ0n) is 18.4. The average molecular weight is 423 g/mol. The molecule has 3 atom stereocenters. The van der Waals surface area contributed by atoms with Gasteiger partial charge in [0.25, 0.3) is 0 Å².